The van der Waals surface area contributed by atoms with Crippen LogP contribution >= 0.6 is 11.3 Å². The molecule has 0 aromatic carbocycles. The van der Waals surface area contributed by atoms with E-state index in [1.807, 2.05) is 11.0 Å². The van der Waals surface area contributed by atoms with Gasteiger partial charge in [0.15, 0.2) is 0 Å². The summed E-state index contributed by atoms with van der Waals surface area (Å²) in [6.45, 7) is 5.51. The molecule has 2 heterocycles. The Bertz CT molecular complexity index is 492. The summed E-state index contributed by atoms with van der Waals surface area (Å²) in [5, 5.41) is 10.9. The van der Waals surface area contributed by atoms with Gasteiger partial charge in [0.2, 0.25) is 5.91 Å². The van der Waals surface area contributed by atoms with Gasteiger partial charge in [0, 0.05) is 44.0 Å². The summed E-state index contributed by atoms with van der Waals surface area (Å²) in [6, 6.07) is 6.30. The number of ether oxygens (including phenoxy) is 1. The lowest BCUT2D eigenvalue weighted by Crippen LogP contribution is -2.43. The third kappa shape index (κ3) is 6.69. The number of morpholine rings is 1. The van der Waals surface area contributed by atoms with Crippen molar-refractivity contribution < 1.29 is 9.53 Å². The summed E-state index contributed by atoms with van der Waals surface area (Å²) in [6.07, 6.45) is 2.80. The Morgan fingerprint density at radius 1 is 1.39 bits per heavy atom. The van der Waals surface area contributed by atoms with Crippen LogP contribution in [0.1, 0.15) is 24.1 Å². The van der Waals surface area contributed by atoms with Crippen molar-refractivity contribution in [3.8, 4) is 6.07 Å². The summed E-state index contributed by atoms with van der Waals surface area (Å²) in [5.41, 5.74) is 0. The predicted octanol–water partition coefficient (Wildman–Crippen LogP) is 2.15. The molecule has 1 amide bonds. The molecule has 0 radical (unpaired) electrons. The van der Waals surface area contributed by atoms with Gasteiger partial charge in [-0.15, -0.1) is 11.3 Å². The van der Waals surface area contributed by atoms with Crippen molar-refractivity contribution in [1.29, 1.82) is 5.26 Å². The number of rotatable bonds is 9. The standard InChI is InChI=1S/C17H25N3O2S/c18-7-3-8-20(10-9-19-11-13-22-14-12-19)17(21)6-1-4-16-5-2-15-23-16/h2,5,15H,1,3-4,6,8-14H2. The number of thiophene rings is 1. The summed E-state index contributed by atoms with van der Waals surface area (Å²) < 4.78 is 5.34. The van der Waals surface area contributed by atoms with Gasteiger partial charge in [0.1, 0.15) is 0 Å². The molecule has 1 aliphatic rings. The maximum absolute atomic E-state index is 12.4. The minimum Gasteiger partial charge on any atom is -0.379 e. The first kappa shape index (κ1) is 17.9. The molecular formula is C17H25N3O2S. The van der Waals surface area contributed by atoms with Crippen LogP contribution in [0, 0.1) is 11.3 Å². The molecule has 0 saturated carbocycles. The van der Waals surface area contributed by atoms with Gasteiger partial charge in [-0.25, -0.2) is 0 Å². The van der Waals surface area contributed by atoms with E-state index in [-0.39, 0.29) is 5.91 Å². The highest BCUT2D eigenvalue weighted by Crippen LogP contribution is 2.12. The maximum Gasteiger partial charge on any atom is 0.222 e. The van der Waals surface area contributed by atoms with E-state index >= 15 is 0 Å². The largest absolute Gasteiger partial charge is 0.379 e. The quantitative estimate of drug-likeness (QED) is 0.694. The zero-order valence-corrected chi connectivity index (χ0v) is 14.4. The van der Waals surface area contributed by atoms with E-state index in [9.17, 15) is 4.79 Å². The molecule has 1 aromatic rings. The van der Waals surface area contributed by atoms with Crippen LogP contribution in [0.5, 0.6) is 0 Å². The minimum absolute atomic E-state index is 0.171. The Morgan fingerprint density at radius 2 is 2.22 bits per heavy atom. The number of nitrogens with zero attached hydrogens (tertiary/aromatic N) is 3. The molecule has 0 spiro atoms. The van der Waals surface area contributed by atoms with E-state index in [4.69, 9.17) is 10.00 Å². The van der Waals surface area contributed by atoms with Crippen molar-refractivity contribution in [3.63, 3.8) is 0 Å². The van der Waals surface area contributed by atoms with E-state index in [0.717, 1.165) is 45.7 Å². The molecule has 0 N–H and O–H groups in total. The Balaban J connectivity index is 1.73. The average molecular weight is 335 g/mol. The fourth-order valence-electron chi connectivity index (χ4n) is 2.66. The van der Waals surface area contributed by atoms with Crippen molar-refractivity contribution in [2.24, 2.45) is 0 Å². The lowest BCUT2D eigenvalue weighted by Gasteiger charge is -2.30. The molecule has 5 nitrogen and oxygen atoms in total. The van der Waals surface area contributed by atoms with Gasteiger partial charge >= 0.3 is 0 Å². The summed E-state index contributed by atoms with van der Waals surface area (Å²) in [4.78, 5) is 17.9. The lowest BCUT2D eigenvalue weighted by molar-refractivity contribution is -0.131. The maximum atomic E-state index is 12.4. The molecule has 2 rings (SSSR count). The van der Waals surface area contributed by atoms with E-state index in [2.05, 4.69) is 22.4 Å². The van der Waals surface area contributed by atoms with Gasteiger partial charge in [0.05, 0.1) is 25.7 Å². The predicted molar refractivity (Wildman–Crippen MR) is 91.3 cm³/mol. The molecular weight excluding hydrogens is 310 g/mol. The molecule has 1 aliphatic heterocycles. The molecule has 23 heavy (non-hydrogen) atoms. The number of nitriles is 1. The topological polar surface area (TPSA) is 56.6 Å². The first-order chi connectivity index (χ1) is 11.3. The van der Waals surface area contributed by atoms with Crippen LogP contribution in [-0.2, 0) is 16.0 Å². The second-order valence-electron chi connectivity index (χ2n) is 5.68. The van der Waals surface area contributed by atoms with E-state index in [1.54, 1.807) is 11.3 Å². The third-order valence-electron chi connectivity index (χ3n) is 4.03. The summed E-state index contributed by atoms with van der Waals surface area (Å²) in [7, 11) is 0. The second kappa shape index (κ2) is 10.4. The fraction of sp³-hybridized carbons (Fsp3) is 0.647. The number of hydrogen-bond donors (Lipinski definition) is 0. The van der Waals surface area contributed by atoms with Crippen LogP contribution in [0.25, 0.3) is 0 Å². The van der Waals surface area contributed by atoms with Crippen LogP contribution in [0.15, 0.2) is 17.5 Å². The van der Waals surface area contributed by atoms with E-state index in [1.165, 1.54) is 4.88 Å². The smallest absolute Gasteiger partial charge is 0.222 e. The van der Waals surface area contributed by atoms with Crippen molar-refractivity contribution in [3.05, 3.63) is 22.4 Å². The first-order valence-corrected chi connectivity index (χ1v) is 9.15. The van der Waals surface area contributed by atoms with Gasteiger partial charge in [-0.2, -0.15) is 5.26 Å². The zero-order valence-electron chi connectivity index (χ0n) is 13.6. The zero-order chi connectivity index (χ0) is 16.3. The van der Waals surface area contributed by atoms with Crippen LogP contribution in [-0.4, -0.2) is 61.6 Å². The number of aryl methyl sites for hydroxylation is 1. The molecule has 126 valence electrons. The molecule has 0 unspecified atom stereocenters. The van der Waals surface area contributed by atoms with Crippen LogP contribution in [0.2, 0.25) is 0 Å². The summed E-state index contributed by atoms with van der Waals surface area (Å²) in [5.74, 6) is 0.171. The highest BCUT2D eigenvalue weighted by atomic mass is 32.1. The van der Waals surface area contributed by atoms with E-state index < -0.39 is 0 Å². The first-order valence-electron chi connectivity index (χ1n) is 8.27. The van der Waals surface area contributed by atoms with E-state index in [0.29, 0.717) is 25.9 Å². The van der Waals surface area contributed by atoms with Gasteiger partial charge in [-0.05, 0) is 24.3 Å². The molecule has 0 aliphatic carbocycles. The third-order valence-corrected chi connectivity index (χ3v) is 4.97. The Labute approximate surface area is 142 Å². The molecule has 0 atom stereocenters. The van der Waals surface area contributed by atoms with Crippen LogP contribution < -0.4 is 0 Å². The molecule has 1 fully saturated rings. The normalized spacial score (nSPS) is 15.3. The van der Waals surface area contributed by atoms with Gasteiger partial charge < -0.3 is 9.64 Å². The second-order valence-corrected chi connectivity index (χ2v) is 6.71. The number of carbonyl (C=O) groups excluding carboxylic acids is 1. The average Bonchev–Trinajstić information content (AvgIpc) is 3.09. The van der Waals surface area contributed by atoms with Crippen molar-refractivity contribution >= 4 is 17.2 Å². The van der Waals surface area contributed by atoms with Gasteiger partial charge in [0.25, 0.3) is 0 Å². The molecule has 0 bridgehead atoms. The Morgan fingerprint density at radius 3 is 2.91 bits per heavy atom. The minimum atomic E-state index is 0.171. The Kier molecular flexibility index (Phi) is 8.08. The number of amides is 1. The van der Waals surface area contributed by atoms with Crippen molar-refractivity contribution in [2.75, 3.05) is 45.9 Å². The lowest BCUT2D eigenvalue weighted by atomic mass is 10.2. The SMILES string of the molecule is N#CCCN(CCN1CCOCC1)C(=O)CCCc1cccs1. The van der Waals surface area contributed by atoms with Crippen LogP contribution in [0.3, 0.4) is 0 Å². The summed E-state index contributed by atoms with van der Waals surface area (Å²) >= 11 is 1.74. The number of carbonyl (C=O) groups is 1. The highest BCUT2D eigenvalue weighted by Gasteiger charge is 2.16. The molecule has 1 saturated heterocycles. The van der Waals surface area contributed by atoms with Gasteiger partial charge in [-0.3, -0.25) is 9.69 Å². The highest BCUT2D eigenvalue weighted by molar-refractivity contribution is 7.09. The van der Waals surface area contributed by atoms with Crippen LogP contribution in [0.4, 0.5) is 0 Å². The molecule has 6 heteroatoms. The Hall–Kier alpha value is -1.42. The molecule has 1 aromatic heterocycles. The van der Waals surface area contributed by atoms with Gasteiger partial charge in [-0.1, -0.05) is 6.07 Å². The number of hydrogen-bond acceptors (Lipinski definition) is 5. The fourth-order valence-corrected chi connectivity index (χ4v) is 3.41. The van der Waals surface area contributed by atoms with Crippen molar-refractivity contribution in [1.82, 2.24) is 9.80 Å². The monoisotopic (exact) mass is 335 g/mol. The van der Waals surface area contributed by atoms with Crippen molar-refractivity contribution in [2.45, 2.75) is 25.7 Å².